The Labute approximate surface area is 119 Å². The number of rotatable bonds is 7. The van der Waals surface area contributed by atoms with E-state index in [2.05, 4.69) is 39.5 Å². The predicted molar refractivity (Wildman–Crippen MR) is 81.0 cm³/mol. The molecule has 20 heavy (non-hydrogen) atoms. The maximum atomic E-state index is 4.35. The first-order valence-electron chi connectivity index (χ1n) is 7.04. The summed E-state index contributed by atoms with van der Waals surface area (Å²) in [6.45, 7) is 5.87. The lowest BCUT2D eigenvalue weighted by Crippen LogP contribution is -2.13. The van der Waals surface area contributed by atoms with Gasteiger partial charge in [-0.25, -0.2) is 9.97 Å². The molecule has 0 spiro atoms. The molecule has 0 aliphatic carbocycles. The number of nitrogens with zero attached hydrogens (tertiary/aromatic N) is 4. The molecule has 0 aliphatic heterocycles. The Kier molecular flexibility index (Phi) is 4.92. The van der Waals surface area contributed by atoms with Crippen LogP contribution in [0.4, 0.5) is 11.6 Å². The first-order chi connectivity index (χ1) is 9.76. The Morgan fingerprint density at radius 3 is 2.50 bits per heavy atom. The molecular weight excluding hydrogens is 252 g/mol. The molecule has 0 fully saturated rings. The molecule has 2 rings (SSSR count). The molecule has 0 saturated heterocycles. The van der Waals surface area contributed by atoms with Crippen molar-refractivity contribution in [2.24, 2.45) is 7.05 Å². The zero-order valence-corrected chi connectivity index (χ0v) is 12.3. The van der Waals surface area contributed by atoms with Gasteiger partial charge in [0, 0.05) is 44.0 Å². The van der Waals surface area contributed by atoms with Gasteiger partial charge in [-0.2, -0.15) is 5.10 Å². The number of hydrogen-bond donors (Lipinski definition) is 2. The van der Waals surface area contributed by atoms with E-state index in [0.717, 1.165) is 43.1 Å². The van der Waals surface area contributed by atoms with E-state index in [4.69, 9.17) is 0 Å². The maximum Gasteiger partial charge on any atom is 0.134 e. The Morgan fingerprint density at radius 1 is 1.15 bits per heavy atom. The van der Waals surface area contributed by atoms with Crippen molar-refractivity contribution < 1.29 is 0 Å². The van der Waals surface area contributed by atoms with Crippen molar-refractivity contribution in [1.29, 1.82) is 0 Å². The molecule has 2 aromatic heterocycles. The molecule has 2 N–H and O–H groups in total. The zero-order chi connectivity index (χ0) is 14.4. The van der Waals surface area contributed by atoms with E-state index in [9.17, 15) is 0 Å². The fourth-order valence-electron chi connectivity index (χ4n) is 2.17. The summed E-state index contributed by atoms with van der Waals surface area (Å²) in [4.78, 5) is 8.64. The molecule has 6 nitrogen and oxygen atoms in total. The zero-order valence-electron chi connectivity index (χ0n) is 12.3. The third-order valence-electron chi connectivity index (χ3n) is 3.24. The van der Waals surface area contributed by atoms with Crippen LogP contribution in [0.3, 0.4) is 0 Å². The number of aromatic nitrogens is 4. The normalized spacial score (nSPS) is 10.6. The van der Waals surface area contributed by atoms with Crippen molar-refractivity contribution in [3.63, 3.8) is 0 Å². The van der Waals surface area contributed by atoms with Crippen molar-refractivity contribution >= 4 is 11.6 Å². The van der Waals surface area contributed by atoms with Gasteiger partial charge in [0.25, 0.3) is 0 Å². The Balaban J connectivity index is 2.02. The standard InChI is InChI=1S/C14H22N6/c1-4-12-13(15-5-2)17-10-18-14(12)16-8-6-11-7-9-19-20(11)3/h7,9-10H,4-6,8H2,1-3H3,(H2,15,16,17,18). The van der Waals surface area contributed by atoms with E-state index < -0.39 is 0 Å². The highest BCUT2D eigenvalue weighted by Gasteiger charge is 2.08. The SMILES string of the molecule is CCNc1ncnc(NCCc2ccnn2C)c1CC. The average Bonchev–Trinajstić information content (AvgIpc) is 2.85. The summed E-state index contributed by atoms with van der Waals surface area (Å²) in [5, 5.41) is 10.8. The topological polar surface area (TPSA) is 67.7 Å². The largest absolute Gasteiger partial charge is 0.370 e. The van der Waals surface area contributed by atoms with Gasteiger partial charge < -0.3 is 10.6 Å². The molecule has 0 amide bonds. The van der Waals surface area contributed by atoms with Gasteiger partial charge in [0.15, 0.2) is 0 Å². The van der Waals surface area contributed by atoms with Gasteiger partial charge in [0.1, 0.15) is 18.0 Å². The highest BCUT2D eigenvalue weighted by Crippen LogP contribution is 2.20. The van der Waals surface area contributed by atoms with Crippen LogP contribution in [0, 0.1) is 0 Å². The number of hydrogen-bond acceptors (Lipinski definition) is 5. The molecule has 108 valence electrons. The second-order valence-corrected chi connectivity index (χ2v) is 4.56. The quantitative estimate of drug-likeness (QED) is 0.806. The Morgan fingerprint density at radius 2 is 1.90 bits per heavy atom. The molecule has 0 aromatic carbocycles. The van der Waals surface area contributed by atoms with Gasteiger partial charge in [0.05, 0.1) is 0 Å². The summed E-state index contributed by atoms with van der Waals surface area (Å²) < 4.78 is 1.90. The molecule has 0 radical (unpaired) electrons. The minimum atomic E-state index is 0.828. The van der Waals surface area contributed by atoms with Gasteiger partial charge in [-0.1, -0.05) is 6.92 Å². The van der Waals surface area contributed by atoms with E-state index >= 15 is 0 Å². The van der Waals surface area contributed by atoms with E-state index in [1.54, 1.807) is 6.33 Å². The summed E-state index contributed by atoms with van der Waals surface area (Å²) in [6.07, 6.45) is 5.24. The average molecular weight is 274 g/mol. The van der Waals surface area contributed by atoms with Crippen molar-refractivity contribution in [2.45, 2.75) is 26.7 Å². The molecule has 2 aromatic rings. The second-order valence-electron chi connectivity index (χ2n) is 4.56. The van der Waals surface area contributed by atoms with E-state index in [1.165, 1.54) is 5.69 Å². The van der Waals surface area contributed by atoms with E-state index in [-0.39, 0.29) is 0 Å². The molecule has 2 heterocycles. The summed E-state index contributed by atoms with van der Waals surface area (Å²) in [5.41, 5.74) is 2.34. The monoisotopic (exact) mass is 274 g/mol. The van der Waals surface area contributed by atoms with Gasteiger partial charge in [-0.15, -0.1) is 0 Å². The Hall–Kier alpha value is -2.11. The maximum absolute atomic E-state index is 4.35. The van der Waals surface area contributed by atoms with Crippen molar-refractivity contribution in [1.82, 2.24) is 19.7 Å². The van der Waals surface area contributed by atoms with Gasteiger partial charge in [-0.3, -0.25) is 4.68 Å². The van der Waals surface area contributed by atoms with Crippen LogP contribution in [-0.2, 0) is 19.9 Å². The van der Waals surface area contributed by atoms with Crippen molar-refractivity contribution in [3.05, 3.63) is 29.8 Å². The van der Waals surface area contributed by atoms with Crippen LogP contribution in [0.2, 0.25) is 0 Å². The molecule has 0 unspecified atom stereocenters. The van der Waals surface area contributed by atoms with E-state index in [0.29, 0.717) is 0 Å². The Bertz CT molecular complexity index is 548. The minimum Gasteiger partial charge on any atom is -0.370 e. The summed E-state index contributed by atoms with van der Waals surface area (Å²) in [6, 6.07) is 2.03. The molecular formula is C14H22N6. The van der Waals surface area contributed by atoms with Crippen LogP contribution >= 0.6 is 0 Å². The fraction of sp³-hybridized carbons (Fsp3) is 0.500. The molecule has 0 atom stereocenters. The highest BCUT2D eigenvalue weighted by molar-refractivity contribution is 5.57. The molecule has 6 heteroatoms. The first-order valence-corrected chi connectivity index (χ1v) is 7.04. The second kappa shape index (κ2) is 6.88. The molecule has 0 saturated carbocycles. The van der Waals surface area contributed by atoms with Gasteiger partial charge >= 0.3 is 0 Å². The van der Waals surface area contributed by atoms with E-state index in [1.807, 2.05) is 24.0 Å². The van der Waals surface area contributed by atoms with Crippen LogP contribution in [0.5, 0.6) is 0 Å². The molecule has 0 bridgehead atoms. The lowest BCUT2D eigenvalue weighted by molar-refractivity contribution is 0.710. The van der Waals surface area contributed by atoms with Crippen molar-refractivity contribution in [3.8, 4) is 0 Å². The summed E-state index contributed by atoms with van der Waals surface area (Å²) >= 11 is 0. The first kappa shape index (κ1) is 14.3. The fourth-order valence-corrected chi connectivity index (χ4v) is 2.17. The highest BCUT2D eigenvalue weighted by atomic mass is 15.3. The van der Waals surface area contributed by atoms with Crippen LogP contribution < -0.4 is 10.6 Å². The number of aryl methyl sites for hydroxylation is 1. The minimum absolute atomic E-state index is 0.828. The predicted octanol–water partition coefficient (Wildman–Crippen LogP) is 1.86. The van der Waals surface area contributed by atoms with Crippen LogP contribution in [0.1, 0.15) is 25.1 Å². The third kappa shape index (κ3) is 3.26. The van der Waals surface area contributed by atoms with Crippen LogP contribution in [0.25, 0.3) is 0 Å². The lowest BCUT2D eigenvalue weighted by atomic mass is 10.2. The number of nitrogens with one attached hydrogen (secondary N) is 2. The lowest BCUT2D eigenvalue weighted by Gasteiger charge is -2.13. The smallest absolute Gasteiger partial charge is 0.134 e. The van der Waals surface area contributed by atoms with Crippen molar-refractivity contribution in [2.75, 3.05) is 23.7 Å². The summed E-state index contributed by atoms with van der Waals surface area (Å²) in [7, 11) is 1.96. The third-order valence-corrected chi connectivity index (χ3v) is 3.24. The number of anilines is 2. The molecule has 0 aliphatic rings. The summed E-state index contributed by atoms with van der Waals surface area (Å²) in [5.74, 6) is 1.84. The van der Waals surface area contributed by atoms with Gasteiger partial charge in [-0.05, 0) is 19.4 Å². The van der Waals surface area contributed by atoms with Crippen LogP contribution in [0.15, 0.2) is 18.6 Å². The van der Waals surface area contributed by atoms with Gasteiger partial charge in [0.2, 0.25) is 0 Å². The van der Waals surface area contributed by atoms with Crippen LogP contribution in [-0.4, -0.2) is 32.8 Å².